The van der Waals surface area contributed by atoms with Crippen LogP contribution in [-0.2, 0) is 14.0 Å². The van der Waals surface area contributed by atoms with Gasteiger partial charge in [0, 0.05) is 37.0 Å². The van der Waals surface area contributed by atoms with Crippen molar-refractivity contribution in [3.63, 3.8) is 0 Å². The average Bonchev–Trinajstić information content (AvgIpc) is 2.93. The molecule has 0 unspecified atom stereocenters. The lowest BCUT2D eigenvalue weighted by Crippen LogP contribution is -2.50. The number of hydrogen-bond acceptors (Lipinski definition) is 7. The number of piperazine rings is 1. The van der Waals surface area contributed by atoms with Crippen molar-refractivity contribution in [1.82, 2.24) is 15.1 Å². The van der Waals surface area contributed by atoms with Gasteiger partial charge in [-0.15, -0.1) is 5.10 Å². The maximum absolute atomic E-state index is 12.4. The van der Waals surface area contributed by atoms with Gasteiger partial charge in [0.1, 0.15) is 5.60 Å². The second-order valence-electron chi connectivity index (χ2n) is 10.5. The Balaban J connectivity index is 1.56. The monoisotopic (exact) mass is 440 g/mol. The molecular formula is C23H33BN4O4. The Morgan fingerprint density at radius 1 is 1.03 bits per heavy atom. The minimum atomic E-state index is -0.501. The van der Waals surface area contributed by atoms with E-state index >= 15 is 0 Å². The predicted octanol–water partition coefficient (Wildman–Crippen LogP) is 2.99. The number of amides is 1. The SMILES string of the molecule is CC(C)(C)OC(=O)N1CCN(c2nncc3c(B4OC(C)(C)C(C)(C)O4)cccc23)CC1. The first-order chi connectivity index (χ1) is 14.9. The lowest BCUT2D eigenvalue weighted by molar-refractivity contribution is 0.00578. The second-order valence-corrected chi connectivity index (χ2v) is 10.5. The molecule has 1 aromatic carbocycles. The molecule has 8 nitrogen and oxygen atoms in total. The fourth-order valence-electron chi connectivity index (χ4n) is 3.95. The molecule has 2 aliphatic heterocycles. The van der Waals surface area contributed by atoms with Crippen LogP contribution in [0, 0.1) is 0 Å². The van der Waals surface area contributed by atoms with Crippen molar-refractivity contribution < 1.29 is 18.8 Å². The molecule has 2 fully saturated rings. The van der Waals surface area contributed by atoms with Gasteiger partial charge in [-0.25, -0.2) is 4.79 Å². The summed E-state index contributed by atoms with van der Waals surface area (Å²) in [6, 6.07) is 6.08. The van der Waals surface area contributed by atoms with E-state index in [4.69, 9.17) is 14.0 Å². The second kappa shape index (κ2) is 7.88. The highest BCUT2D eigenvalue weighted by Crippen LogP contribution is 2.37. The quantitative estimate of drug-likeness (QED) is 0.665. The summed E-state index contributed by atoms with van der Waals surface area (Å²) in [5, 5.41) is 10.7. The third-order valence-electron chi connectivity index (χ3n) is 6.46. The molecular weight excluding hydrogens is 407 g/mol. The van der Waals surface area contributed by atoms with Crippen LogP contribution in [0.4, 0.5) is 10.6 Å². The summed E-state index contributed by atoms with van der Waals surface area (Å²) in [6.07, 6.45) is 1.50. The molecule has 0 aliphatic carbocycles. The standard InChI is InChI=1S/C23H33BN4O4/c1-21(2,3)30-20(29)28-13-11-27(12-14-28)19-16-9-8-10-18(17(16)15-25-26-19)24-31-22(4,5)23(6,7)32-24/h8-10,15H,11-14H2,1-7H3. The molecule has 0 atom stereocenters. The van der Waals surface area contributed by atoms with Crippen molar-refractivity contribution in [1.29, 1.82) is 0 Å². The number of hydrogen-bond donors (Lipinski definition) is 0. The van der Waals surface area contributed by atoms with Crippen LogP contribution in [0.15, 0.2) is 24.4 Å². The summed E-state index contributed by atoms with van der Waals surface area (Å²) in [6.45, 7) is 16.3. The molecule has 3 heterocycles. The van der Waals surface area contributed by atoms with E-state index in [-0.39, 0.29) is 6.09 Å². The molecule has 172 valence electrons. The maximum Gasteiger partial charge on any atom is 0.495 e. The van der Waals surface area contributed by atoms with Crippen LogP contribution in [0.1, 0.15) is 48.5 Å². The Hall–Kier alpha value is -2.39. The molecule has 0 radical (unpaired) electrons. The minimum absolute atomic E-state index is 0.274. The lowest BCUT2D eigenvalue weighted by atomic mass is 9.76. The first-order valence-corrected chi connectivity index (χ1v) is 11.2. The number of rotatable bonds is 2. The number of carbonyl (C=O) groups is 1. The van der Waals surface area contributed by atoms with Gasteiger partial charge in [-0.1, -0.05) is 18.2 Å². The van der Waals surface area contributed by atoms with Crippen molar-refractivity contribution in [2.45, 2.75) is 65.3 Å². The highest BCUT2D eigenvalue weighted by atomic mass is 16.7. The number of aromatic nitrogens is 2. The van der Waals surface area contributed by atoms with Gasteiger partial charge in [-0.3, -0.25) is 0 Å². The molecule has 9 heteroatoms. The predicted molar refractivity (Wildman–Crippen MR) is 125 cm³/mol. The number of anilines is 1. The average molecular weight is 440 g/mol. The zero-order valence-corrected chi connectivity index (χ0v) is 20.1. The van der Waals surface area contributed by atoms with Gasteiger partial charge < -0.3 is 23.8 Å². The van der Waals surface area contributed by atoms with E-state index in [1.807, 2.05) is 66.7 Å². The molecule has 2 aliphatic rings. The zero-order valence-electron chi connectivity index (χ0n) is 20.1. The van der Waals surface area contributed by atoms with Crippen LogP contribution in [-0.4, -0.2) is 71.3 Å². The van der Waals surface area contributed by atoms with E-state index in [1.165, 1.54) is 0 Å². The fourth-order valence-corrected chi connectivity index (χ4v) is 3.95. The zero-order chi connectivity index (χ0) is 23.3. The van der Waals surface area contributed by atoms with E-state index in [0.717, 1.165) is 22.1 Å². The van der Waals surface area contributed by atoms with Gasteiger partial charge in [0.15, 0.2) is 5.82 Å². The summed E-state index contributed by atoms with van der Waals surface area (Å²) in [5.41, 5.74) is -0.383. The number of fused-ring (bicyclic) bond motifs is 1. The van der Waals surface area contributed by atoms with E-state index in [1.54, 1.807) is 11.1 Å². The number of benzene rings is 1. The van der Waals surface area contributed by atoms with Crippen molar-refractivity contribution >= 4 is 35.3 Å². The van der Waals surface area contributed by atoms with E-state index in [2.05, 4.69) is 15.1 Å². The highest BCUT2D eigenvalue weighted by molar-refractivity contribution is 6.65. The van der Waals surface area contributed by atoms with Gasteiger partial charge >= 0.3 is 13.2 Å². The summed E-state index contributed by atoms with van der Waals surface area (Å²) >= 11 is 0. The molecule has 0 spiro atoms. The van der Waals surface area contributed by atoms with E-state index in [0.29, 0.717) is 26.2 Å². The van der Waals surface area contributed by atoms with Crippen LogP contribution in [0.25, 0.3) is 10.8 Å². The molecule has 4 rings (SSSR count). The molecule has 32 heavy (non-hydrogen) atoms. The molecule has 0 N–H and O–H groups in total. The van der Waals surface area contributed by atoms with Crippen molar-refractivity contribution in [2.75, 3.05) is 31.1 Å². The summed E-state index contributed by atoms with van der Waals surface area (Å²) in [7, 11) is -0.468. The summed E-state index contributed by atoms with van der Waals surface area (Å²) < 4.78 is 18.1. The molecule has 0 bridgehead atoms. The third kappa shape index (κ3) is 4.28. The Morgan fingerprint density at radius 2 is 1.66 bits per heavy atom. The maximum atomic E-state index is 12.4. The Bertz CT molecular complexity index is 997. The summed E-state index contributed by atoms with van der Waals surface area (Å²) in [5.74, 6) is 0.810. The Morgan fingerprint density at radius 3 is 2.25 bits per heavy atom. The molecule has 2 saturated heterocycles. The van der Waals surface area contributed by atoms with Crippen LogP contribution in [0.3, 0.4) is 0 Å². The largest absolute Gasteiger partial charge is 0.495 e. The molecule has 1 aromatic heterocycles. The van der Waals surface area contributed by atoms with Gasteiger partial charge in [-0.2, -0.15) is 5.10 Å². The van der Waals surface area contributed by atoms with E-state index < -0.39 is 23.9 Å². The van der Waals surface area contributed by atoms with Crippen LogP contribution in [0.5, 0.6) is 0 Å². The van der Waals surface area contributed by atoms with Gasteiger partial charge in [-0.05, 0) is 53.9 Å². The Kier molecular flexibility index (Phi) is 5.62. The van der Waals surface area contributed by atoms with Gasteiger partial charge in [0.05, 0.1) is 17.4 Å². The highest BCUT2D eigenvalue weighted by Gasteiger charge is 2.52. The third-order valence-corrected chi connectivity index (χ3v) is 6.46. The number of carbonyl (C=O) groups excluding carboxylic acids is 1. The van der Waals surface area contributed by atoms with E-state index in [9.17, 15) is 4.79 Å². The smallest absolute Gasteiger partial charge is 0.444 e. The normalized spacial score (nSPS) is 20.7. The Labute approximate surface area is 190 Å². The first-order valence-electron chi connectivity index (χ1n) is 11.2. The molecule has 1 amide bonds. The molecule has 0 saturated carbocycles. The number of nitrogens with zero attached hydrogens (tertiary/aromatic N) is 4. The van der Waals surface area contributed by atoms with Crippen LogP contribution >= 0.6 is 0 Å². The van der Waals surface area contributed by atoms with Crippen molar-refractivity contribution in [2.24, 2.45) is 0 Å². The summed E-state index contributed by atoms with van der Waals surface area (Å²) in [4.78, 5) is 16.3. The fraction of sp³-hybridized carbons (Fsp3) is 0.609. The van der Waals surface area contributed by atoms with Gasteiger partial charge in [0.25, 0.3) is 0 Å². The minimum Gasteiger partial charge on any atom is -0.444 e. The van der Waals surface area contributed by atoms with Crippen LogP contribution in [0.2, 0.25) is 0 Å². The van der Waals surface area contributed by atoms with Crippen molar-refractivity contribution in [3.8, 4) is 0 Å². The molecule has 2 aromatic rings. The number of ether oxygens (including phenoxy) is 1. The lowest BCUT2D eigenvalue weighted by Gasteiger charge is -2.36. The van der Waals surface area contributed by atoms with Gasteiger partial charge in [0.2, 0.25) is 0 Å². The first kappa shape index (κ1) is 22.8. The van der Waals surface area contributed by atoms with Crippen LogP contribution < -0.4 is 10.4 Å². The topological polar surface area (TPSA) is 77.0 Å². The van der Waals surface area contributed by atoms with Crippen molar-refractivity contribution in [3.05, 3.63) is 24.4 Å².